The van der Waals surface area contributed by atoms with Gasteiger partial charge in [0.25, 0.3) is 5.91 Å². The molecule has 4 nitrogen and oxygen atoms in total. The fourth-order valence-corrected chi connectivity index (χ4v) is 3.26. The zero-order chi connectivity index (χ0) is 20.5. The van der Waals surface area contributed by atoms with E-state index in [1.165, 1.54) is 16.7 Å². The number of oxazole rings is 1. The van der Waals surface area contributed by atoms with Gasteiger partial charge >= 0.3 is 0 Å². The maximum atomic E-state index is 12.6. The highest BCUT2D eigenvalue weighted by atomic mass is 16.3. The van der Waals surface area contributed by atoms with E-state index in [-0.39, 0.29) is 5.91 Å². The van der Waals surface area contributed by atoms with Crippen LogP contribution < -0.4 is 5.32 Å². The predicted octanol–water partition coefficient (Wildman–Crippen LogP) is 6.49. The number of amides is 1. The number of hydrogen-bond acceptors (Lipinski definition) is 3. The van der Waals surface area contributed by atoms with E-state index < -0.39 is 0 Å². The van der Waals surface area contributed by atoms with Crippen molar-refractivity contribution in [3.63, 3.8) is 0 Å². The molecule has 1 heterocycles. The third-order valence-electron chi connectivity index (χ3n) is 5.21. The average Bonchev–Trinajstić information content (AvgIpc) is 3.11. The van der Waals surface area contributed by atoms with Gasteiger partial charge in [-0.2, -0.15) is 0 Å². The zero-order valence-electron chi connectivity index (χ0n) is 17.1. The first kappa shape index (κ1) is 18.9. The van der Waals surface area contributed by atoms with Gasteiger partial charge in [-0.1, -0.05) is 32.0 Å². The number of carbonyl (C=O) groups excluding carboxylic acids is 1. The molecule has 0 fully saturated rings. The van der Waals surface area contributed by atoms with Crippen LogP contribution in [0.3, 0.4) is 0 Å². The monoisotopic (exact) mass is 384 g/mol. The molecule has 29 heavy (non-hydrogen) atoms. The number of carbonyl (C=O) groups is 1. The third kappa shape index (κ3) is 3.92. The number of anilines is 1. The molecule has 0 saturated heterocycles. The zero-order valence-corrected chi connectivity index (χ0v) is 17.1. The van der Waals surface area contributed by atoms with E-state index in [1.807, 2.05) is 60.7 Å². The van der Waals surface area contributed by atoms with Crippen molar-refractivity contribution in [2.24, 2.45) is 0 Å². The first-order valence-electron chi connectivity index (χ1n) is 9.80. The lowest BCUT2D eigenvalue weighted by Crippen LogP contribution is -2.11. The Hall–Kier alpha value is -3.40. The molecule has 1 N–H and O–H groups in total. The van der Waals surface area contributed by atoms with Crippen LogP contribution in [0.4, 0.5) is 5.69 Å². The van der Waals surface area contributed by atoms with Gasteiger partial charge in [0.2, 0.25) is 5.89 Å². The number of benzene rings is 3. The van der Waals surface area contributed by atoms with Crippen molar-refractivity contribution in [1.29, 1.82) is 0 Å². The van der Waals surface area contributed by atoms with E-state index in [9.17, 15) is 4.79 Å². The molecule has 0 aliphatic heterocycles. The molecule has 4 heteroatoms. The Morgan fingerprint density at radius 1 is 0.966 bits per heavy atom. The SMILES string of the molecule is Cc1cc2nc(-c3cccc(NC(=O)c4ccc(C(C)C)cc4)c3)oc2cc1C. The van der Waals surface area contributed by atoms with E-state index in [4.69, 9.17) is 4.42 Å². The van der Waals surface area contributed by atoms with Crippen molar-refractivity contribution in [3.8, 4) is 11.5 Å². The lowest BCUT2D eigenvalue weighted by Gasteiger charge is -2.08. The average molecular weight is 384 g/mol. The molecule has 0 aliphatic rings. The smallest absolute Gasteiger partial charge is 0.255 e. The van der Waals surface area contributed by atoms with Gasteiger partial charge in [-0.05, 0) is 78.9 Å². The second kappa shape index (κ2) is 7.55. The van der Waals surface area contributed by atoms with Crippen LogP contribution in [0.5, 0.6) is 0 Å². The largest absolute Gasteiger partial charge is 0.436 e. The van der Waals surface area contributed by atoms with E-state index in [1.54, 1.807) is 0 Å². The molecule has 0 atom stereocenters. The quantitative estimate of drug-likeness (QED) is 0.438. The lowest BCUT2D eigenvalue weighted by atomic mass is 10.0. The molecule has 0 unspecified atom stereocenters. The van der Waals surface area contributed by atoms with Crippen molar-refractivity contribution in [1.82, 2.24) is 4.98 Å². The Morgan fingerprint density at radius 2 is 1.69 bits per heavy atom. The number of fused-ring (bicyclic) bond motifs is 1. The number of hydrogen-bond donors (Lipinski definition) is 1. The molecular formula is C25H24N2O2. The molecular weight excluding hydrogens is 360 g/mol. The Bertz CT molecular complexity index is 1150. The van der Waals surface area contributed by atoms with Crippen LogP contribution in [0.15, 0.2) is 65.1 Å². The van der Waals surface area contributed by atoms with Gasteiger partial charge in [0.05, 0.1) is 0 Å². The molecule has 1 amide bonds. The highest BCUT2D eigenvalue weighted by Gasteiger charge is 2.12. The number of nitrogens with one attached hydrogen (secondary N) is 1. The standard InChI is InChI=1S/C25H24N2O2/c1-15(2)18-8-10-19(11-9-18)24(28)26-21-7-5-6-20(14-21)25-27-22-12-16(3)17(4)13-23(22)29-25/h5-15H,1-4H3,(H,26,28). The first-order chi connectivity index (χ1) is 13.9. The van der Waals surface area contributed by atoms with Crippen LogP contribution in [0.25, 0.3) is 22.6 Å². The highest BCUT2D eigenvalue weighted by molar-refractivity contribution is 6.04. The molecule has 0 aliphatic carbocycles. The van der Waals surface area contributed by atoms with E-state index in [0.717, 1.165) is 16.7 Å². The van der Waals surface area contributed by atoms with Crippen molar-refractivity contribution in [3.05, 3.63) is 82.9 Å². The van der Waals surface area contributed by atoms with Crippen LogP contribution in [0, 0.1) is 13.8 Å². The molecule has 0 bridgehead atoms. The summed E-state index contributed by atoms with van der Waals surface area (Å²) in [5.41, 5.74) is 7.33. The summed E-state index contributed by atoms with van der Waals surface area (Å²) in [6.45, 7) is 8.39. The molecule has 3 aromatic carbocycles. The lowest BCUT2D eigenvalue weighted by molar-refractivity contribution is 0.102. The van der Waals surface area contributed by atoms with Crippen molar-refractivity contribution in [2.75, 3.05) is 5.32 Å². The van der Waals surface area contributed by atoms with Gasteiger partial charge in [-0.15, -0.1) is 0 Å². The van der Waals surface area contributed by atoms with Crippen molar-refractivity contribution in [2.45, 2.75) is 33.6 Å². The number of aryl methyl sites for hydroxylation is 2. The molecule has 4 rings (SSSR count). The molecule has 4 aromatic rings. The minimum absolute atomic E-state index is 0.138. The fourth-order valence-electron chi connectivity index (χ4n) is 3.26. The van der Waals surface area contributed by atoms with Crippen LogP contribution >= 0.6 is 0 Å². The second-order valence-electron chi connectivity index (χ2n) is 7.73. The van der Waals surface area contributed by atoms with Crippen LogP contribution in [0.1, 0.15) is 46.8 Å². The number of nitrogens with zero attached hydrogens (tertiary/aromatic N) is 1. The summed E-state index contributed by atoms with van der Waals surface area (Å²) < 4.78 is 5.95. The maximum absolute atomic E-state index is 12.6. The topological polar surface area (TPSA) is 55.1 Å². The highest BCUT2D eigenvalue weighted by Crippen LogP contribution is 2.28. The summed E-state index contributed by atoms with van der Waals surface area (Å²) in [4.78, 5) is 17.2. The van der Waals surface area contributed by atoms with Crippen molar-refractivity contribution >= 4 is 22.7 Å². The predicted molar refractivity (Wildman–Crippen MR) is 117 cm³/mol. The first-order valence-corrected chi connectivity index (χ1v) is 9.80. The Morgan fingerprint density at radius 3 is 2.41 bits per heavy atom. The summed E-state index contributed by atoms with van der Waals surface area (Å²) in [6, 6.07) is 19.3. The summed E-state index contributed by atoms with van der Waals surface area (Å²) in [7, 11) is 0. The fraction of sp³-hybridized carbons (Fsp3) is 0.200. The summed E-state index contributed by atoms with van der Waals surface area (Å²) in [6.07, 6.45) is 0. The van der Waals surface area contributed by atoms with Gasteiger partial charge in [0.1, 0.15) is 5.52 Å². The van der Waals surface area contributed by atoms with E-state index >= 15 is 0 Å². The normalized spacial score (nSPS) is 11.2. The minimum atomic E-state index is -0.138. The number of aromatic nitrogens is 1. The molecule has 1 aromatic heterocycles. The second-order valence-corrected chi connectivity index (χ2v) is 7.73. The summed E-state index contributed by atoms with van der Waals surface area (Å²) in [5, 5.41) is 2.96. The van der Waals surface area contributed by atoms with Crippen molar-refractivity contribution < 1.29 is 9.21 Å². The molecule has 0 radical (unpaired) electrons. The van der Waals surface area contributed by atoms with Crippen LogP contribution in [0.2, 0.25) is 0 Å². The Balaban J connectivity index is 1.58. The van der Waals surface area contributed by atoms with Crippen LogP contribution in [-0.2, 0) is 0 Å². The van der Waals surface area contributed by atoms with Gasteiger partial charge in [0, 0.05) is 16.8 Å². The van der Waals surface area contributed by atoms with Gasteiger partial charge in [0.15, 0.2) is 5.58 Å². The van der Waals surface area contributed by atoms with Gasteiger partial charge in [-0.25, -0.2) is 4.98 Å². The number of rotatable bonds is 4. The van der Waals surface area contributed by atoms with E-state index in [2.05, 4.69) is 38.0 Å². The summed E-state index contributed by atoms with van der Waals surface area (Å²) >= 11 is 0. The molecule has 0 spiro atoms. The third-order valence-corrected chi connectivity index (χ3v) is 5.21. The van der Waals surface area contributed by atoms with Gasteiger partial charge < -0.3 is 9.73 Å². The molecule has 0 saturated carbocycles. The Labute approximate surface area is 170 Å². The molecule has 146 valence electrons. The van der Waals surface area contributed by atoms with E-state index in [0.29, 0.717) is 23.1 Å². The summed E-state index contributed by atoms with van der Waals surface area (Å²) in [5.74, 6) is 0.844. The Kier molecular flexibility index (Phi) is 4.93. The van der Waals surface area contributed by atoms with Crippen LogP contribution in [-0.4, -0.2) is 10.9 Å². The maximum Gasteiger partial charge on any atom is 0.255 e. The van der Waals surface area contributed by atoms with Gasteiger partial charge in [-0.3, -0.25) is 4.79 Å². The minimum Gasteiger partial charge on any atom is -0.436 e.